The van der Waals surface area contributed by atoms with Crippen molar-refractivity contribution in [1.82, 2.24) is 0 Å². The number of aliphatic hydroxyl groups is 1. The molecule has 0 radical (unpaired) electrons. The van der Waals surface area contributed by atoms with Gasteiger partial charge in [-0.3, -0.25) is 14.5 Å². The van der Waals surface area contributed by atoms with Crippen molar-refractivity contribution in [3.8, 4) is 11.5 Å². The minimum Gasteiger partial charge on any atom is -0.507 e. The molecule has 8 heteroatoms. The molecule has 1 fully saturated rings. The molecular weight excluding hydrogens is 437 g/mol. The second-order valence-corrected chi connectivity index (χ2v) is 7.52. The first kappa shape index (κ1) is 21.4. The molecule has 6 nitrogen and oxygen atoms in total. The van der Waals surface area contributed by atoms with Gasteiger partial charge in [-0.05, 0) is 66.2 Å². The van der Waals surface area contributed by atoms with Crippen molar-refractivity contribution in [2.24, 2.45) is 0 Å². The molecule has 3 aromatic carbocycles. The topological polar surface area (TPSA) is 87.1 Å². The average Bonchev–Trinajstić information content (AvgIpc) is 3.05. The zero-order valence-corrected chi connectivity index (χ0v) is 17.5. The van der Waals surface area contributed by atoms with Gasteiger partial charge in [-0.1, -0.05) is 17.7 Å². The van der Waals surface area contributed by atoms with Crippen LogP contribution in [0.1, 0.15) is 17.2 Å². The zero-order valence-electron chi connectivity index (χ0n) is 16.8. The maximum absolute atomic E-state index is 13.4. The Bertz CT molecular complexity index is 1240. The summed E-state index contributed by atoms with van der Waals surface area (Å²) in [6, 6.07) is 14.5. The molecule has 0 aromatic heterocycles. The van der Waals surface area contributed by atoms with Gasteiger partial charge in [-0.15, -0.1) is 0 Å². The number of anilines is 1. The van der Waals surface area contributed by atoms with Gasteiger partial charge in [0.1, 0.15) is 11.6 Å². The van der Waals surface area contributed by atoms with Crippen LogP contribution in [0, 0.1) is 5.82 Å². The van der Waals surface area contributed by atoms with Crippen LogP contribution in [0.3, 0.4) is 0 Å². The summed E-state index contributed by atoms with van der Waals surface area (Å²) in [6.45, 7) is 0. The molecule has 1 amide bonds. The molecule has 1 atom stereocenters. The number of rotatable bonds is 4. The van der Waals surface area contributed by atoms with Crippen LogP contribution in [0.5, 0.6) is 11.5 Å². The standard InChI is InChI=1S/C24H17ClFNO5/c1-32-19-11-4-14(12-18(19)28)21-20(22(29)13-2-7-16(26)8-3-13)23(30)24(31)27(21)17-9-5-15(25)6-10-17/h2-12,21,28-29H,1H3/b22-20-. The third-order valence-corrected chi connectivity index (χ3v) is 5.44. The highest BCUT2D eigenvalue weighted by Gasteiger charge is 2.47. The third-order valence-electron chi connectivity index (χ3n) is 5.19. The summed E-state index contributed by atoms with van der Waals surface area (Å²) >= 11 is 5.97. The molecule has 1 heterocycles. The number of aromatic hydroxyl groups is 1. The van der Waals surface area contributed by atoms with Gasteiger partial charge in [0.2, 0.25) is 0 Å². The normalized spacial score (nSPS) is 17.6. The first-order valence-corrected chi connectivity index (χ1v) is 9.89. The number of hydrogen-bond donors (Lipinski definition) is 2. The second kappa shape index (κ2) is 8.36. The Morgan fingerprint density at radius 3 is 2.28 bits per heavy atom. The predicted molar refractivity (Wildman–Crippen MR) is 117 cm³/mol. The van der Waals surface area contributed by atoms with E-state index in [4.69, 9.17) is 16.3 Å². The maximum atomic E-state index is 13.4. The van der Waals surface area contributed by atoms with E-state index in [1.54, 1.807) is 30.3 Å². The Morgan fingerprint density at radius 1 is 1.03 bits per heavy atom. The van der Waals surface area contributed by atoms with Gasteiger partial charge in [0.25, 0.3) is 11.7 Å². The molecular formula is C24H17ClFNO5. The van der Waals surface area contributed by atoms with E-state index in [9.17, 15) is 24.2 Å². The lowest BCUT2D eigenvalue weighted by atomic mass is 9.94. The highest BCUT2D eigenvalue weighted by atomic mass is 35.5. The molecule has 0 saturated carbocycles. The molecule has 162 valence electrons. The van der Waals surface area contributed by atoms with E-state index in [0.717, 1.165) is 12.1 Å². The Labute approximate surface area is 187 Å². The van der Waals surface area contributed by atoms with Crippen LogP contribution >= 0.6 is 11.6 Å². The summed E-state index contributed by atoms with van der Waals surface area (Å²) in [7, 11) is 1.39. The minimum absolute atomic E-state index is 0.170. The summed E-state index contributed by atoms with van der Waals surface area (Å²) in [5, 5.41) is 21.7. The number of hydrogen-bond acceptors (Lipinski definition) is 5. The fraction of sp³-hybridized carbons (Fsp3) is 0.0833. The largest absolute Gasteiger partial charge is 0.507 e. The van der Waals surface area contributed by atoms with Crippen LogP contribution in [0.15, 0.2) is 72.3 Å². The molecule has 2 N–H and O–H groups in total. The quantitative estimate of drug-likeness (QED) is 0.336. The van der Waals surface area contributed by atoms with E-state index in [1.165, 1.54) is 36.3 Å². The van der Waals surface area contributed by atoms with Crippen LogP contribution in [-0.4, -0.2) is 29.0 Å². The molecule has 0 aliphatic carbocycles. The van der Waals surface area contributed by atoms with Crippen molar-refractivity contribution in [1.29, 1.82) is 0 Å². The van der Waals surface area contributed by atoms with Crippen LogP contribution < -0.4 is 9.64 Å². The lowest BCUT2D eigenvalue weighted by Crippen LogP contribution is -2.29. The summed E-state index contributed by atoms with van der Waals surface area (Å²) in [5.74, 6) is -2.75. The van der Waals surface area contributed by atoms with Crippen molar-refractivity contribution >= 4 is 34.7 Å². The number of aliphatic hydroxyl groups excluding tert-OH is 1. The average molecular weight is 454 g/mol. The number of nitrogens with zero attached hydrogens (tertiary/aromatic N) is 1. The molecule has 3 aromatic rings. The number of benzene rings is 3. The first-order chi connectivity index (χ1) is 15.3. The van der Waals surface area contributed by atoms with Gasteiger partial charge < -0.3 is 14.9 Å². The number of ether oxygens (including phenoxy) is 1. The number of carbonyl (C=O) groups is 2. The zero-order chi connectivity index (χ0) is 23.0. The maximum Gasteiger partial charge on any atom is 0.300 e. The molecule has 1 saturated heterocycles. The second-order valence-electron chi connectivity index (χ2n) is 7.08. The van der Waals surface area contributed by atoms with Gasteiger partial charge in [0.15, 0.2) is 11.5 Å². The Balaban J connectivity index is 1.95. The van der Waals surface area contributed by atoms with E-state index in [0.29, 0.717) is 16.3 Å². The monoisotopic (exact) mass is 453 g/mol. The van der Waals surface area contributed by atoms with Crippen molar-refractivity contribution in [2.45, 2.75) is 6.04 Å². The Hall–Kier alpha value is -3.84. The molecule has 32 heavy (non-hydrogen) atoms. The summed E-state index contributed by atoms with van der Waals surface area (Å²) in [4.78, 5) is 27.3. The number of Topliss-reactive ketones (excluding diaryl/α,β-unsaturated/α-hetero) is 1. The van der Waals surface area contributed by atoms with Crippen molar-refractivity contribution in [2.75, 3.05) is 12.0 Å². The minimum atomic E-state index is -1.06. The van der Waals surface area contributed by atoms with E-state index >= 15 is 0 Å². The van der Waals surface area contributed by atoms with Crippen LogP contribution in [0.25, 0.3) is 5.76 Å². The fourth-order valence-corrected chi connectivity index (χ4v) is 3.78. The number of methoxy groups -OCH3 is 1. The lowest BCUT2D eigenvalue weighted by Gasteiger charge is -2.25. The molecule has 0 bridgehead atoms. The smallest absolute Gasteiger partial charge is 0.300 e. The highest BCUT2D eigenvalue weighted by Crippen LogP contribution is 2.44. The number of carbonyl (C=O) groups excluding carboxylic acids is 2. The highest BCUT2D eigenvalue weighted by molar-refractivity contribution is 6.51. The van der Waals surface area contributed by atoms with Crippen molar-refractivity contribution < 1.29 is 28.9 Å². The van der Waals surface area contributed by atoms with E-state index in [1.807, 2.05) is 0 Å². The SMILES string of the molecule is COc1ccc(C2/C(=C(/O)c3ccc(F)cc3)C(=O)C(=O)N2c2ccc(Cl)cc2)cc1O. The lowest BCUT2D eigenvalue weighted by molar-refractivity contribution is -0.132. The van der Waals surface area contributed by atoms with Crippen molar-refractivity contribution in [3.05, 3.63) is 94.3 Å². The van der Waals surface area contributed by atoms with Crippen LogP contribution in [-0.2, 0) is 9.59 Å². The van der Waals surface area contributed by atoms with Gasteiger partial charge in [0, 0.05) is 16.3 Å². The van der Waals surface area contributed by atoms with Crippen LogP contribution in [0.4, 0.5) is 10.1 Å². The molecule has 1 unspecified atom stereocenters. The number of halogens is 2. The first-order valence-electron chi connectivity index (χ1n) is 9.51. The predicted octanol–water partition coefficient (Wildman–Crippen LogP) is 4.82. The van der Waals surface area contributed by atoms with Gasteiger partial charge >= 0.3 is 0 Å². The van der Waals surface area contributed by atoms with E-state index in [-0.39, 0.29) is 22.6 Å². The summed E-state index contributed by atoms with van der Waals surface area (Å²) in [6.07, 6.45) is 0. The van der Waals surface area contributed by atoms with Gasteiger partial charge in [-0.2, -0.15) is 0 Å². The number of ketones is 1. The van der Waals surface area contributed by atoms with Gasteiger partial charge in [-0.25, -0.2) is 4.39 Å². The Kier molecular flexibility index (Phi) is 5.59. The molecule has 0 spiro atoms. The molecule has 4 rings (SSSR count). The van der Waals surface area contributed by atoms with E-state index < -0.39 is 29.3 Å². The van der Waals surface area contributed by atoms with Crippen molar-refractivity contribution in [3.63, 3.8) is 0 Å². The van der Waals surface area contributed by atoms with Crippen LogP contribution in [0.2, 0.25) is 5.02 Å². The Morgan fingerprint density at radius 2 is 1.69 bits per heavy atom. The molecule has 1 aliphatic heterocycles. The van der Waals surface area contributed by atoms with E-state index in [2.05, 4.69) is 0 Å². The molecule has 1 aliphatic rings. The summed E-state index contributed by atoms with van der Waals surface area (Å²) < 4.78 is 18.4. The fourth-order valence-electron chi connectivity index (χ4n) is 3.66. The number of amides is 1. The number of phenolic OH excluding ortho intramolecular Hbond substituents is 1. The number of phenols is 1. The third kappa shape index (κ3) is 3.67. The van der Waals surface area contributed by atoms with Gasteiger partial charge in [0.05, 0.1) is 18.7 Å². The summed E-state index contributed by atoms with van der Waals surface area (Å²) in [5.41, 5.74) is 0.709.